The molecule has 0 bridgehead atoms. The fourth-order valence-corrected chi connectivity index (χ4v) is 5.37. The maximum absolute atomic E-state index is 15.1. The smallest absolute Gasteiger partial charge is 0.166 e. The van der Waals surface area contributed by atoms with Crippen LogP contribution in [-0.2, 0) is 6.42 Å². The van der Waals surface area contributed by atoms with Crippen LogP contribution in [-0.4, -0.2) is 0 Å². The average Bonchev–Trinajstić information content (AvgIpc) is 2.79. The fourth-order valence-electron chi connectivity index (χ4n) is 5.37. The molecule has 0 amide bonds. The molecule has 2 aromatic rings. The molecule has 0 spiro atoms. The molecule has 0 aromatic heterocycles. The van der Waals surface area contributed by atoms with E-state index in [1.165, 1.54) is 50.5 Å². The Morgan fingerprint density at radius 1 is 0.806 bits per heavy atom. The van der Waals surface area contributed by atoms with Gasteiger partial charge in [-0.3, -0.25) is 0 Å². The summed E-state index contributed by atoms with van der Waals surface area (Å²) in [5.41, 5.74) is 2.90. The van der Waals surface area contributed by atoms with Crippen LogP contribution in [0.2, 0.25) is 0 Å². The summed E-state index contributed by atoms with van der Waals surface area (Å²) in [7, 11) is 0. The van der Waals surface area contributed by atoms with Gasteiger partial charge in [0.2, 0.25) is 0 Å². The maximum Gasteiger partial charge on any atom is 0.166 e. The van der Waals surface area contributed by atoms with E-state index in [1.807, 2.05) is 30.3 Å². The molecule has 0 N–H and O–H groups in total. The Labute approximate surface area is 188 Å². The summed E-state index contributed by atoms with van der Waals surface area (Å²) in [5.74, 6) is 0.0120. The summed E-state index contributed by atoms with van der Waals surface area (Å²) in [6.45, 7) is 6.48. The van der Waals surface area contributed by atoms with Crippen molar-refractivity contribution in [3.8, 4) is 11.1 Å². The lowest BCUT2D eigenvalue weighted by atomic mass is 9.73. The van der Waals surface area contributed by atoms with Crippen molar-refractivity contribution in [2.75, 3.05) is 0 Å². The Morgan fingerprint density at radius 2 is 1.52 bits per heavy atom. The van der Waals surface area contributed by atoms with Gasteiger partial charge in [-0.2, -0.15) is 0 Å². The molecule has 1 aliphatic rings. The van der Waals surface area contributed by atoms with E-state index in [9.17, 15) is 0 Å². The lowest BCUT2D eigenvalue weighted by molar-refractivity contribution is 0.233. The first-order valence-corrected chi connectivity index (χ1v) is 12.6. The van der Waals surface area contributed by atoms with Crippen molar-refractivity contribution in [3.63, 3.8) is 0 Å². The van der Waals surface area contributed by atoms with E-state index >= 15 is 8.78 Å². The first kappa shape index (κ1) is 24.0. The van der Waals surface area contributed by atoms with Gasteiger partial charge < -0.3 is 0 Å². The molecular formula is C29H40F2. The van der Waals surface area contributed by atoms with Gasteiger partial charge in [0.15, 0.2) is 11.6 Å². The minimum atomic E-state index is -0.697. The van der Waals surface area contributed by atoms with Gasteiger partial charge in [-0.1, -0.05) is 109 Å². The predicted octanol–water partition coefficient (Wildman–Crippen LogP) is 9.46. The summed E-state index contributed by atoms with van der Waals surface area (Å²) < 4.78 is 30.1. The van der Waals surface area contributed by atoms with Gasteiger partial charge in [0.25, 0.3) is 0 Å². The third-order valence-electron chi connectivity index (χ3n) is 7.47. The van der Waals surface area contributed by atoms with Crippen molar-refractivity contribution in [3.05, 3.63) is 59.2 Å². The summed E-state index contributed by atoms with van der Waals surface area (Å²) in [4.78, 5) is 0. The number of hydrogen-bond donors (Lipinski definition) is 0. The normalized spacial score (nSPS) is 20.0. The second-order valence-corrected chi connectivity index (χ2v) is 9.70. The molecule has 1 atom stereocenters. The van der Waals surface area contributed by atoms with E-state index in [4.69, 9.17) is 0 Å². The molecule has 3 rings (SSSR count). The lowest BCUT2D eigenvalue weighted by Gasteiger charge is -2.33. The van der Waals surface area contributed by atoms with Gasteiger partial charge in [-0.05, 0) is 53.7 Å². The molecule has 1 unspecified atom stereocenters. The second kappa shape index (κ2) is 11.8. The van der Waals surface area contributed by atoms with E-state index in [-0.39, 0.29) is 5.92 Å². The first-order chi connectivity index (χ1) is 15.0. The average molecular weight is 427 g/mol. The molecule has 31 heavy (non-hydrogen) atoms. The van der Waals surface area contributed by atoms with E-state index < -0.39 is 11.6 Å². The Hall–Kier alpha value is -1.70. The molecule has 1 saturated carbocycles. The molecule has 170 valence electrons. The summed E-state index contributed by atoms with van der Waals surface area (Å²) >= 11 is 0. The van der Waals surface area contributed by atoms with Crippen molar-refractivity contribution in [2.24, 2.45) is 11.8 Å². The molecule has 0 aliphatic heterocycles. The monoisotopic (exact) mass is 426 g/mol. The van der Waals surface area contributed by atoms with E-state index in [1.54, 1.807) is 6.07 Å². The van der Waals surface area contributed by atoms with Crippen LogP contribution in [0.4, 0.5) is 8.78 Å². The van der Waals surface area contributed by atoms with Crippen LogP contribution in [0.3, 0.4) is 0 Å². The molecule has 0 radical (unpaired) electrons. The van der Waals surface area contributed by atoms with Crippen molar-refractivity contribution < 1.29 is 8.78 Å². The van der Waals surface area contributed by atoms with Gasteiger partial charge in [0, 0.05) is 5.56 Å². The molecule has 1 aliphatic carbocycles. The van der Waals surface area contributed by atoms with Crippen molar-refractivity contribution in [2.45, 2.75) is 97.3 Å². The van der Waals surface area contributed by atoms with Gasteiger partial charge in [0.05, 0.1) is 0 Å². The number of halogens is 2. The van der Waals surface area contributed by atoms with E-state index in [0.29, 0.717) is 17.0 Å². The van der Waals surface area contributed by atoms with Crippen LogP contribution in [0.25, 0.3) is 11.1 Å². The molecule has 0 heterocycles. The second-order valence-electron chi connectivity index (χ2n) is 9.70. The molecule has 2 heteroatoms. The lowest BCUT2D eigenvalue weighted by Crippen LogP contribution is -2.20. The van der Waals surface area contributed by atoms with E-state index in [2.05, 4.69) is 20.8 Å². The maximum atomic E-state index is 15.1. The minimum absolute atomic E-state index is 0.0662. The Morgan fingerprint density at radius 3 is 2.16 bits per heavy atom. The SMILES string of the molecule is CCCCCCC1CCC(C(C)c2ccc(-c3ccc(CCC)cc3)c(F)c2F)CC1. The van der Waals surface area contributed by atoms with Gasteiger partial charge >= 0.3 is 0 Å². The zero-order valence-electron chi connectivity index (χ0n) is 19.7. The number of unbranched alkanes of at least 4 members (excludes halogenated alkanes) is 3. The third-order valence-corrected chi connectivity index (χ3v) is 7.47. The third kappa shape index (κ3) is 6.18. The highest BCUT2D eigenvalue weighted by Gasteiger charge is 2.28. The summed E-state index contributed by atoms with van der Waals surface area (Å²) in [5, 5.41) is 0. The zero-order valence-corrected chi connectivity index (χ0v) is 19.7. The topological polar surface area (TPSA) is 0 Å². The molecule has 0 nitrogen and oxygen atoms in total. The van der Waals surface area contributed by atoms with Crippen LogP contribution in [0.1, 0.15) is 102 Å². The van der Waals surface area contributed by atoms with Crippen LogP contribution < -0.4 is 0 Å². The highest BCUT2D eigenvalue weighted by molar-refractivity contribution is 5.65. The highest BCUT2D eigenvalue weighted by atomic mass is 19.2. The molecular weight excluding hydrogens is 386 g/mol. The number of hydrogen-bond acceptors (Lipinski definition) is 0. The number of aryl methyl sites for hydroxylation is 1. The Balaban J connectivity index is 1.63. The fraction of sp³-hybridized carbons (Fsp3) is 0.586. The van der Waals surface area contributed by atoms with Crippen molar-refractivity contribution in [1.82, 2.24) is 0 Å². The van der Waals surface area contributed by atoms with Crippen LogP contribution in [0, 0.1) is 23.5 Å². The Bertz CT molecular complexity index is 800. The van der Waals surface area contributed by atoms with Gasteiger partial charge in [-0.25, -0.2) is 8.78 Å². The Kier molecular flexibility index (Phi) is 9.11. The minimum Gasteiger partial charge on any atom is -0.203 e. The van der Waals surface area contributed by atoms with Crippen molar-refractivity contribution in [1.29, 1.82) is 0 Å². The standard InChI is InChI=1S/C29H40F2/c1-4-6-7-8-10-23-11-15-24(16-12-23)21(3)26-19-20-27(29(31)28(26)30)25-17-13-22(9-5-2)14-18-25/h13-14,17-21,23-24H,4-12,15-16H2,1-3H3. The van der Waals surface area contributed by atoms with E-state index in [0.717, 1.165) is 37.2 Å². The van der Waals surface area contributed by atoms with Crippen molar-refractivity contribution >= 4 is 0 Å². The molecule has 1 fully saturated rings. The highest BCUT2D eigenvalue weighted by Crippen LogP contribution is 2.41. The largest absolute Gasteiger partial charge is 0.203 e. The van der Waals surface area contributed by atoms with Crippen LogP contribution in [0.5, 0.6) is 0 Å². The van der Waals surface area contributed by atoms with Gasteiger partial charge in [-0.15, -0.1) is 0 Å². The molecule has 2 aromatic carbocycles. The van der Waals surface area contributed by atoms with Crippen LogP contribution >= 0.6 is 0 Å². The first-order valence-electron chi connectivity index (χ1n) is 12.6. The molecule has 0 saturated heterocycles. The summed E-state index contributed by atoms with van der Waals surface area (Å²) in [6, 6.07) is 11.5. The van der Waals surface area contributed by atoms with Crippen LogP contribution in [0.15, 0.2) is 36.4 Å². The summed E-state index contributed by atoms with van der Waals surface area (Å²) in [6.07, 6.45) is 13.5. The number of benzene rings is 2. The van der Waals surface area contributed by atoms with Gasteiger partial charge in [0.1, 0.15) is 0 Å². The predicted molar refractivity (Wildman–Crippen MR) is 128 cm³/mol. The quantitative estimate of drug-likeness (QED) is 0.332. The number of rotatable bonds is 10. The zero-order chi connectivity index (χ0) is 22.2.